The molecule has 4 nitrogen and oxygen atoms in total. The van der Waals surface area contributed by atoms with Gasteiger partial charge in [0.15, 0.2) is 0 Å². The molecule has 0 heterocycles. The van der Waals surface area contributed by atoms with E-state index in [2.05, 4.69) is 12.2 Å². The van der Waals surface area contributed by atoms with Gasteiger partial charge in [0.1, 0.15) is 0 Å². The van der Waals surface area contributed by atoms with Crippen LogP contribution in [-0.2, 0) is 0 Å². The number of halogens is 1. The Bertz CT molecular complexity index is 471. The SMILES string of the molecule is CCCC1CCC(Nc2ccc([N+](=O)[O-])cc2Cl)CC1. The molecule has 1 aromatic rings. The molecule has 0 spiro atoms. The van der Waals surface area contributed by atoms with Crippen molar-refractivity contribution in [3.05, 3.63) is 33.3 Å². The molecule has 1 aromatic carbocycles. The molecule has 1 aliphatic carbocycles. The van der Waals surface area contributed by atoms with Gasteiger partial charge in [0.25, 0.3) is 5.69 Å². The van der Waals surface area contributed by atoms with Gasteiger partial charge in [-0.1, -0.05) is 31.4 Å². The molecule has 0 amide bonds. The van der Waals surface area contributed by atoms with Crippen LogP contribution in [0.25, 0.3) is 0 Å². The third kappa shape index (κ3) is 3.85. The zero-order chi connectivity index (χ0) is 14.5. The lowest BCUT2D eigenvalue weighted by Crippen LogP contribution is -2.26. The van der Waals surface area contributed by atoms with E-state index in [9.17, 15) is 10.1 Å². The van der Waals surface area contributed by atoms with Crippen molar-refractivity contribution in [3.63, 3.8) is 0 Å². The van der Waals surface area contributed by atoms with E-state index in [0.29, 0.717) is 11.1 Å². The van der Waals surface area contributed by atoms with Crippen LogP contribution in [0.4, 0.5) is 11.4 Å². The van der Waals surface area contributed by atoms with Crippen LogP contribution in [-0.4, -0.2) is 11.0 Å². The van der Waals surface area contributed by atoms with Gasteiger partial charge in [-0.15, -0.1) is 0 Å². The fourth-order valence-electron chi connectivity index (χ4n) is 2.96. The topological polar surface area (TPSA) is 55.2 Å². The highest BCUT2D eigenvalue weighted by molar-refractivity contribution is 6.33. The summed E-state index contributed by atoms with van der Waals surface area (Å²) in [5.41, 5.74) is 0.836. The smallest absolute Gasteiger partial charge is 0.271 e. The number of hydrogen-bond acceptors (Lipinski definition) is 3. The Hall–Kier alpha value is -1.29. The first-order valence-corrected chi connectivity index (χ1v) is 7.68. The minimum absolute atomic E-state index is 0.0344. The second-order valence-electron chi connectivity index (χ2n) is 5.57. The van der Waals surface area contributed by atoms with Gasteiger partial charge in [-0.3, -0.25) is 10.1 Å². The number of rotatable bonds is 5. The number of nitrogens with one attached hydrogen (secondary N) is 1. The Morgan fingerprint density at radius 1 is 1.35 bits per heavy atom. The molecule has 0 aliphatic heterocycles. The summed E-state index contributed by atoms with van der Waals surface area (Å²) in [6.45, 7) is 2.24. The highest BCUT2D eigenvalue weighted by Crippen LogP contribution is 2.32. The third-order valence-corrected chi connectivity index (χ3v) is 4.38. The highest BCUT2D eigenvalue weighted by atomic mass is 35.5. The number of nitro groups is 1. The van der Waals surface area contributed by atoms with E-state index in [1.807, 2.05) is 0 Å². The number of anilines is 1. The number of non-ortho nitro benzene ring substituents is 1. The minimum Gasteiger partial charge on any atom is -0.381 e. The number of benzene rings is 1. The maximum Gasteiger partial charge on any atom is 0.271 e. The highest BCUT2D eigenvalue weighted by Gasteiger charge is 2.21. The number of nitro benzene ring substituents is 1. The lowest BCUT2D eigenvalue weighted by molar-refractivity contribution is -0.384. The normalized spacial score (nSPS) is 22.5. The molecule has 5 heteroatoms. The largest absolute Gasteiger partial charge is 0.381 e. The minimum atomic E-state index is -0.425. The van der Waals surface area contributed by atoms with Gasteiger partial charge in [0.2, 0.25) is 0 Å². The van der Waals surface area contributed by atoms with Gasteiger partial charge in [0, 0.05) is 18.2 Å². The zero-order valence-electron chi connectivity index (χ0n) is 11.8. The summed E-state index contributed by atoms with van der Waals surface area (Å²) in [5, 5.41) is 14.5. The molecule has 20 heavy (non-hydrogen) atoms. The van der Waals surface area contributed by atoms with Crippen LogP contribution in [0.2, 0.25) is 5.02 Å². The quantitative estimate of drug-likeness (QED) is 0.613. The van der Waals surface area contributed by atoms with E-state index in [-0.39, 0.29) is 5.69 Å². The van der Waals surface area contributed by atoms with Crippen LogP contribution in [0.3, 0.4) is 0 Å². The summed E-state index contributed by atoms with van der Waals surface area (Å²) in [4.78, 5) is 10.3. The molecule has 2 rings (SSSR count). The van der Waals surface area contributed by atoms with Gasteiger partial charge in [-0.25, -0.2) is 0 Å². The lowest BCUT2D eigenvalue weighted by atomic mass is 9.83. The first-order chi connectivity index (χ1) is 9.60. The first-order valence-electron chi connectivity index (χ1n) is 7.30. The third-order valence-electron chi connectivity index (χ3n) is 4.07. The lowest BCUT2D eigenvalue weighted by Gasteiger charge is -2.29. The number of nitrogens with zero attached hydrogens (tertiary/aromatic N) is 1. The van der Waals surface area contributed by atoms with Crippen LogP contribution in [0.15, 0.2) is 18.2 Å². The Labute approximate surface area is 124 Å². The molecule has 0 radical (unpaired) electrons. The van der Waals surface area contributed by atoms with Crippen molar-refractivity contribution in [2.75, 3.05) is 5.32 Å². The second kappa shape index (κ2) is 6.93. The monoisotopic (exact) mass is 296 g/mol. The standard InChI is InChI=1S/C15H21ClN2O2/c1-2-3-11-4-6-12(7-5-11)17-15-9-8-13(18(19)20)10-14(15)16/h8-12,17H,2-7H2,1H3. The predicted octanol–water partition coefficient (Wildman–Crippen LogP) is 5.02. The van der Waals surface area contributed by atoms with Crippen LogP contribution in [0.5, 0.6) is 0 Å². The van der Waals surface area contributed by atoms with E-state index in [4.69, 9.17) is 11.6 Å². The summed E-state index contributed by atoms with van der Waals surface area (Å²) >= 11 is 6.10. The van der Waals surface area contributed by atoms with E-state index in [1.165, 1.54) is 37.8 Å². The Morgan fingerprint density at radius 3 is 2.60 bits per heavy atom. The van der Waals surface area contributed by atoms with Crippen molar-refractivity contribution < 1.29 is 4.92 Å². The Morgan fingerprint density at radius 2 is 2.05 bits per heavy atom. The van der Waals surface area contributed by atoms with E-state index in [0.717, 1.165) is 24.4 Å². The molecule has 110 valence electrons. The van der Waals surface area contributed by atoms with Crippen molar-refractivity contribution in [2.24, 2.45) is 5.92 Å². The molecular formula is C15H21ClN2O2. The summed E-state index contributed by atoms with van der Waals surface area (Å²) in [5.74, 6) is 0.866. The Balaban J connectivity index is 1.93. The summed E-state index contributed by atoms with van der Waals surface area (Å²) < 4.78 is 0. The zero-order valence-corrected chi connectivity index (χ0v) is 12.5. The molecular weight excluding hydrogens is 276 g/mol. The summed E-state index contributed by atoms with van der Waals surface area (Å²) in [7, 11) is 0. The summed E-state index contributed by atoms with van der Waals surface area (Å²) in [6, 6.07) is 5.05. The molecule has 0 aromatic heterocycles. The van der Waals surface area contributed by atoms with Crippen LogP contribution >= 0.6 is 11.6 Å². The van der Waals surface area contributed by atoms with Crippen LogP contribution in [0.1, 0.15) is 45.4 Å². The van der Waals surface area contributed by atoms with Gasteiger partial charge in [-0.05, 0) is 37.7 Å². The fraction of sp³-hybridized carbons (Fsp3) is 0.600. The van der Waals surface area contributed by atoms with Crippen molar-refractivity contribution in [2.45, 2.75) is 51.5 Å². The van der Waals surface area contributed by atoms with Gasteiger partial charge in [-0.2, -0.15) is 0 Å². The molecule has 1 saturated carbocycles. The van der Waals surface area contributed by atoms with Crippen molar-refractivity contribution in [1.82, 2.24) is 0 Å². The first kappa shape index (κ1) is 15.1. The average Bonchev–Trinajstić information content (AvgIpc) is 2.43. The van der Waals surface area contributed by atoms with Gasteiger partial charge >= 0.3 is 0 Å². The van der Waals surface area contributed by atoms with E-state index < -0.39 is 4.92 Å². The van der Waals surface area contributed by atoms with Crippen molar-refractivity contribution in [3.8, 4) is 0 Å². The van der Waals surface area contributed by atoms with Gasteiger partial charge in [0.05, 0.1) is 15.6 Å². The summed E-state index contributed by atoms with van der Waals surface area (Å²) in [6.07, 6.45) is 7.41. The molecule has 1 N–H and O–H groups in total. The van der Waals surface area contributed by atoms with E-state index in [1.54, 1.807) is 6.07 Å². The molecule has 0 atom stereocenters. The van der Waals surface area contributed by atoms with Crippen molar-refractivity contribution in [1.29, 1.82) is 0 Å². The van der Waals surface area contributed by atoms with Crippen LogP contribution in [0, 0.1) is 16.0 Å². The van der Waals surface area contributed by atoms with Crippen molar-refractivity contribution >= 4 is 23.0 Å². The predicted molar refractivity (Wildman–Crippen MR) is 82.4 cm³/mol. The average molecular weight is 297 g/mol. The second-order valence-corrected chi connectivity index (χ2v) is 5.98. The molecule has 0 bridgehead atoms. The maximum absolute atomic E-state index is 10.7. The number of hydrogen-bond donors (Lipinski definition) is 1. The fourth-order valence-corrected chi connectivity index (χ4v) is 3.19. The Kier molecular flexibility index (Phi) is 5.24. The maximum atomic E-state index is 10.7. The molecule has 1 fully saturated rings. The molecule has 0 unspecified atom stereocenters. The van der Waals surface area contributed by atoms with E-state index >= 15 is 0 Å². The molecule has 0 saturated heterocycles. The van der Waals surface area contributed by atoms with Crippen LogP contribution < -0.4 is 5.32 Å². The van der Waals surface area contributed by atoms with Gasteiger partial charge < -0.3 is 5.32 Å². The molecule has 1 aliphatic rings.